The van der Waals surface area contributed by atoms with Crippen LogP contribution in [0.25, 0.3) is 11.0 Å². The lowest BCUT2D eigenvalue weighted by molar-refractivity contribution is 0.715. The van der Waals surface area contributed by atoms with Crippen LogP contribution in [0, 0.1) is 0 Å². The maximum atomic E-state index is 4.33. The lowest BCUT2D eigenvalue weighted by atomic mass is 10.1. The van der Waals surface area contributed by atoms with E-state index >= 15 is 0 Å². The second-order valence-electron chi connectivity index (χ2n) is 4.04. The second kappa shape index (κ2) is 4.37. The molecule has 0 fully saturated rings. The van der Waals surface area contributed by atoms with E-state index in [0.29, 0.717) is 0 Å². The molecule has 2 aromatic heterocycles. The molecule has 3 nitrogen and oxygen atoms in total. The first-order valence-corrected chi connectivity index (χ1v) is 5.72. The number of nitrogens with zero attached hydrogens (tertiary/aromatic N) is 3. The fraction of sp³-hybridized carbons (Fsp3) is 0.143. The number of aromatic nitrogens is 3. The maximum Gasteiger partial charge on any atom is 0.107 e. The predicted molar refractivity (Wildman–Crippen MR) is 67.7 cm³/mol. The highest BCUT2D eigenvalue weighted by molar-refractivity contribution is 5.73. The lowest BCUT2D eigenvalue weighted by Crippen LogP contribution is -1.99. The summed E-state index contributed by atoms with van der Waals surface area (Å²) in [7, 11) is 0. The zero-order valence-corrected chi connectivity index (χ0v) is 9.45. The van der Waals surface area contributed by atoms with Gasteiger partial charge in [0, 0.05) is 12.7 Å². The van der Waals surface area contributed by atoms with Gasteiger partial charge in [0.05, 0.1) is 18.0 Å². The van der Waals surface area contributed by atoms with Gasteiger partial charge in [-0.05, 0) is 18.1 Å². The Hall–Kier alpha value is -2.16. The summed E-state index contributed by atoms with van der Waals surface area (Å²) in [6.07, 6.45) is 6.52. The first kappa shape index (κ1) is 10.0. The Bertz CT molecular complexity index is 613. The molecule has 3 heteroatoms. The molecule has 0 spiro atoms. The van der Waals surface area contributed by atoms with Gasteiger partial charge in [0.1, 0.15) is 5.52 Å². The molecular weight excluding hydrogens is 210 g/mol. The largest absolute Gasteiger partial charge is 0.330 e. The van der Waals surface area contributed by atoms with E-state index in [1.165, 1.54) is 5.56 Å². The topological polar surface area (TPSA) is 30.7 Å². The van der Waals surface area contributed by atoms with Gasteiger partial charge in [-0.3, -0.25) is 4.98 Å². The van der Waals surface area contributed by atoms with E-state index in [0.717, 1.165) is 24.0 Å². The van der Waals surface area contributed by atoms with Crippen LogP contribution in [0.5, 0.6) is 0 Å². The van der Waals surface area contributed by atoms with Crippen LogP contribution < -0.4 is 0 Å². The Balaban J connectivity index is 1.82. The Morgan fingerprint density at radius 3 is 2.82 bits per heavy atom. The number of aryl methyl sites for hydroxylation is 2. The van der Waals surface area contributed by atoms with Crippen molar-refractivity contribution in [2.24, 2.45) is 0 Å². The first-order valence-electron chi connectivity index (χ1n) is 5.72. The highest BCUT2D eigenvalue weighted by Gasteiger charge is 2.01. The van der Waals surface area contributed by atoms with Crippen molar-refractivity contribution >= 4 is 11.0 Å². The molecule has 0 bridgehead atoms. The third-order valence-electron chi connectivity index (χ3n) is 2.91. The van der Waals surface area contributed by atoms with Crippen molar-refractivity contribution in [2.45, 2.75) is 13.0 Å². The van der Waals surface area contributed by atoms with Crippen LogP contribution in [0.1, 0.15) is 5.56 Å². The van der Waals surface area contributed by atoms with E-state index in [-0.39, 0.29) is 0 Å². The Kier molecular flexibility index (Phi) is 2.58. The van der Waals surface area contributed by atoms with Crippen molar-refractivity contribution in [1.82, 2.24) is 14.5 Å². The molecule has 0 aliphatic carbocycles. The Morgan fingerprint density at radius 1 is 1.06 bits per heavy atom. The molecule has 0 radical (unpaired) electrons. The predicted octanol–water partition coefficient (Wildman–Crippen LogP) is 2.67. The molecule has 0 amide bonds. The third kappa shape index (κ3) is 2.04. The summed E-state index contributed by atoms with van der Waals surface area (Å²) in [5.74, 6) is 0. The lowest BCUT2D eigenvalue weighted by Gasteiger charge is -2.04. The summed E-state index contributed by atoms with van der Waals surface area (Å²) in [5.41, 5.74) is 3.46. The highest BCUT2D eigenvalue weighted by atomic mass is 15.0. The number of hydrogen-bond donors (Lipinski definition) is 0. The molecule has 0 unspecified atom stereocenters. The summed E-state index contributed by atoms with van der Waals surface area (Å²) >= 11 is 0. The van der Waals surface area contributed by atoms with Gasteiger partial charge in [-0.15, -0.1) is 0 Å². The van der Waals surface area contributed by atoms with Crippen LogP contribution in [0.2, 0.25) is 0 Å². The normalized spacial score (nSPS) is 10.8. The van der Waals surface area contributed by atoms with Crippen LogP contribution in [0.3, 0.4) is 0 Å². The van der Waals surface area contributed by atoms with Crippen molar-refractivity contribution in [3.63, 3.8) is 0 Å². The van der Waals surface area contributed by atoms with E-state index in [4.69, 9.17) is 0 Å². The van der Waals surface area contributed by atoms with Crippen molar-refractivity contribution in [2.75, 3.05) is 0 Å². The van der Waals surface area contributed by atoms with E-state index < -0.39 is 0 Å². The van der Waals surface area contributed by atoms with Gasteiger partial charge >= 0.3 is 0 Å². The molecule has 0 saturated carbocycles. The Morgan fingerprint density at radius 2 is 1.94 bits per heavy atom. The maximum absolute atomic E-state index is 4.33. The van der Waals surface area contributed by atoms with Gasteiger partial charge in [0.25, 0.3) is 0 Å². The zero-order chi connectivity index (χ0) is 11.5. The smallest absolute Gasteiger partial charge is 0.107 e. The van der Waals surface area contributed by atoms with Gasteiger partial charge < -0.3 is 4.57 Å². The van der Waals surface area contributed by atoms with Crippen molar-refractivity contribution in [1.29, 1.82) is 0 Å². The van der Waals surface area contributed by atoms with E-state index in [9.17, 15) is 0 Å². The van der Waals surface area contributed by atoms with Crippen LogP contribution >= 0.6 is 0 Å². The minimum Gasteiger partial charge on any atom is -0.330 e. The minimum atomic E-state index is 0.949. The zero-order valence-electron chi connectivity index (χ0n) is 9.45. The minimum absolute atomic E-state index is 0.949. The van der Waals surface area contributed by atoms with Crippen LogP contribution in [0.4, 0.5) is 0 Å². The molecule has 0 N–H and O–H groups in total. The number of benzene rings is 1. The molecule has 2 heterocycles. The van der Waals surface area contributed by atoms with Gasteiger partial charge in [-0.2, -0.15) is 0 Å². The fourth-order valence-electron chi connectivity index (χ4n) is 1.99. The van der Waals surface area contributed by atoms with Crippen molar-refractivity contribution in [3.05, 3.63) is 60.7 Å². The molecule has 1 aromatic carbocycles. The van der Waals surface area contributed by atoms with Crippen molar-refractivity contribution < 1.29 is 0 Å². The summed E-state index contributed by atoms with van der Waals surface area (Å²) in [6, 6.07) is 12.5. The van der Waals surface area contributed by atoms with Crippen LogP contribution in [-0.4, -0.2) is 14.5 Å². The van der Waals surface area contributed by atoms with Gasteiger partial charge in [-0.1, -0.05) is 30.3 Å². The number of fused-ring (bicyclic) bond motifs is 1. The molecule has 0 saturated heterocycles. The molecule has 17 heavy (non-hydrogen) atoms. The fourth-order valence-corrected chi connectivity index (χ4v) is 1.99. The van der Waals surface area contributed by atoms with E-state index in [1.54, 1.807) is 6.20 Å². The number of pyridine rings is 1. The molecule has 3 aromatic rings. The second-order valence-corrected chi connectivity index (χ2v) is 4.04. The molecule has 0 aliphatic heterocycles. The SMILES string of the molecule is c1ccc(CCn2cnc3cnccc32)cc1. The van der Waals surface area contributed by atoms with E-state index in [2.05, 4.69) is 38.8 Å². The summed E-state index contributed by atoms with van der Waals surface area (Å²) in [5, 5.41) is 0. The molecule has 0 aliphatic rings. The van der Waals surface area contributed by atoms with E-state index in [1.807, 2.05) is 24.7 Å². The van der Waals surface area contributed by atoms with Gasteiger partial charge in [0.15, 0.2) is 0 Å². The molecule has 0 atom stereocenters. The Labute approximate surface area is 99.8 Å². The molecule has 3 rings (SSSR count). The van der Waals surface area contributed by atoms with Crippen LogP contribution in [-0.2, 0) is 13.0 Å². The number of imidazole rings is 1. The number of hydrogen-bond acceptors (Lipinski definition) is 2. The standard InChI is InChI=1S/C14H13N3/c1-2-4-12(5-3-1)7-9-17-11-16-13-10-15-8-6-14(13)17/h1-6,8,10-11H,7,9H2. The number of rotatable bonds is 3. The summed E-state index contributed by atoms with van der Waals surface area (Å²) < 4.78 is 2.17. The van der Waals surface area contributed by atoms with Gasteiger partial charge in [0.2, 0.25) is 0 Å². The molecule has 84 valence electrons. The summed E-state index contributed by atoms with van der Waals surface area (Å²) in [6.45, 7) is 0.949. The average Bonchev–Trinajstić information content (AvgIpc) is 2.81. The quantitative estimate of drug-likeness (QED) is 0.683. The van der Waals surface area contributed by atoms with Crippen LogP contribution in [0.15, 0.2) is 55.1 Å². The molecular formula is C14H13N3. The third-order valence-corrected chi connectivity index (χ3v) is 2.91. The van der Waals surface area contributed by atoms with Gasteiger partial charge in [-0.25, -0.2) is 4.98 Å². The van der Waals surface area contributed by atoms with Crippen molar-refractivity contribution in [3.8, 4) is 0 Å². The first-order chi connectivity index (χ1) is 8.43. The highest BCUT2D eigenvalue weighted by Crippen LogP contribution is 2.11. The monoisotopic (exact) mass is 223 g/mol. The summed E-state index contributed by atoms with van der Waals surface area (Å²) in [4.78, 5) is 8.40. The average molecular weight is 223 g/mol.